The normalized spacial score (nSPS) is 19.3. The van der Waals surface area contributed by atoms with Gasteiger partial charge in [0.15, 0.2) is 17.4 Å². The Labute approximate surface area is 163 Å². The molecule has 2 aromatic rings. The average molecular weight is 388 g/mol. The lowest BCUT2D eigenvalue weighted by Gasteiger charge is -2.29. The van der Waals surface area contributed by atoms with E-state index in [0.29, 0.717) is 17.6 Å². The van der Waals surface area contributed by atoms with Crippen LogP contribution in [0.2, 0.25) is 0 Å². The fraction of sp³-hybridized carbons (Fsp3) is 0.450. The molecule has 0 radical (unpaired) electrons. The maximum Gasteiger partial charge on any atom is 0.358 e. The molecular formula is C20H25N3O3S. The number of nitrogens with one attached hydrogen (secondary N) is 2. The van der Waals surface area contributed by atoms with Crippen molar-refractivity contribution in [2.24, 2.45) is 5.92 Å². The first-order chi connectivity index (χ1) is 13.1. The second-order valence-electron chi connectivity index (χ2n) is 6.89. The van der Waals surface area contributed by atoms with Gasteiger partial charge in [0.2, 0.25) is 0 Å². The zero-order chi connectivity index (χ0) is 19.1. The number of ether oxygens (including phenoxy) is 1. The van der Waals surface area contributed by atoms with Gasteiger partial charge in [0.25, 0.3) is 5.91 Å². The van der Waals surface area contributed by atoms with E-state index in [0.717, 1.165) is 24.8 Å². The lowest BCUT2D eigenvalue weighted by atomic mass is 9.86. The van der Waals surface area contributed by atoms with E-state index >= 15 is 0 Å². The molecule has 0 unspecified atom stereocenters. The van der Waals surface area contributed by atoms with Crippen molar-refractivity contribution in [2.75, 3.05) is 11.9 Å². The van der Waals surface area contributed by atoms with Crippen LogP contribution >= 0.6 is 11.3 Å². The zero-order valence-corrected chi connectivity index (χ0v) is 16.3. The molecular weight excluding hydrogens is 362 g/mol. The minimum atomic E-state index is -0.578. The second-order valence-corrected chi connectivity index (χ2v) is 7.75. The van der Waals surface area contributed by atoms with Crippen molar-refractivity contribution in [1.82, 2.24) is 10.3 Å². The van der Waals surface area contributed by atoms with Gasteiger partial charge in [-0.05, 0) is 24.3 Å². The van der Waals surface area contributed by atoms with Crippen LogP contribution in [-0.4, -0.2) is 29.5 Å². The molecule has 144 valence electrons. The molecule has 1 heterocycles. The van der Waals surface area contributed by atoms with E-state index in [9.17, 15) is 9.59 Å². The van der Waals surface area contributed by atoms with Crippen molar-refractivity contribution in [3.63, 3.8) is 0 Å². The third-order valence-corrected chi connectivity index (χ3v) is 5.59. The molecule has 2 N–H and O–H groups in total. The molecule has 0 bridgehead atoms. The fourth-order valence-corrected chi connectivity index (χ4v) is 3.89. The van der Waals surface area contributed by atoms with E-state index in [4.69, 9.17) is 4.74 Å². The van der Waals surface area contributed by atoms with Crippen molar-refractivity contribution in [3.05, 3.63) is 47.0 Å². The Balaban J connectivity index is 1.43. The van der Waals surface area contributed by atoms with Gasteiger partial charge in [-0.2, -0.15) is 0 Å². The lowest BCUT2D eigenvalue weighted by molar-refractivity contribution is -0.125. The third kappa shape index (κ3) is 5.79. The highest BCUT2D eigenvalue weighted by Crippen LogP contribution is 2.23. The SMILES string of the molecule is C[C@H]1CCCC[C@@H]1NC(=O)COC(=O)c1csc(NCc2ccccc2)n1. The highest BCUT2D eigenvalue weighted by atomic mass is 32.1. The fourth-order valence-electron chi connectivity index (χ4n) is 3.21. The summed E-state index contributed by atoms with van der Waals surface area (Å²) in [6.45, 7) is 2.51. The molecule has 1 amide bonds. The van der Waals surface area contributed by atoms with Crippen molar-refractivity contribution < 1.29 is 14.3 Å². The van der Waals surface area contributed by atoms with Crippen molar-refractivity contribution in [3.8, 4) is 0 Å². The Bertz CT molecular complexity index is 763. The predicted octanol–water partition coefficient (Wildman–Crippen LogP) is 3.61. The van der Waals surface area contributed by atoms with Gasteiger partial charge in [-0.25, -0.2) is 9.78 Å². The lowest BCUT2D eigenvalue weighted by Crippen LogP contribution is -2.42. The van der Waals surface area contributed by atoms with Gasteiger partial charge in [-0.3, -0.25) is 4.79 Å². The predicted molar refractivity (Wildman–Crippen MR) is 106 cm³/mol. The number of benzene rings is 1. The molecule has 0 spiro atoms. The summed E-state index contributed by atoms with van der Waals surface area (Å²) in [6.07, 6.45) is 4.46. The van der Waals surface area contributed by atoms with Crippen molar-refractivity contribution >= 4 is 28.3 Å². The number of nitrogens with zero attached hydrogens (tertiary/aromatic N) is 1. The topological polar surface area (TPSA) is 80.3 Å². The minimum absolute atomic E-state index is 0.179. The standard InChI is InChI=1S/C20H25N3O3S/c1-14-7-5-6-10-16(14)22-18(24)12-26-19(25)17-13-27-20(23-17)21-11-15-8-3-2-4-9-15/h2-4,8-9,13-14,16H,5-7,10-12H2,1H3,(H,21,23)(H,22,24)/t14-,16-/m0/s1. The molecule has 7 heteroatoms. The number of thiazole rings is 1. The van der Waals surface area contributed by atoms with E-state index in [1.165, 1.54) is 17.8 Å². The monoisotopic (exact) mass is 387 g/mol. The highest BCUT2D eigenvalue weighted by Gasteiger charge is 2.23. The molecule has 1 aliphatic rings. The van der Waals surface area contributed by atoms with Gasteiger partial charge in [0.05, 0.1) is 0 Å². The minimum Gasteiger partial charge on any atom is -0.451 e. The van der Waals surface area contributed by atoms with Gasteiger partial charge in [0.1, 0.15) is 0 Å². The van der Waals surface area contributed by atoms with Crippen LogP contribution in [0.4, 0.5) is 5.13 Å². The molecule has 2 atom stereocenters. The van der Waals surface area contributed by atoms with Gasteiger partial charge < -0.3 is 15.4 Å². The number of hydrogen-bond acceptors (Lipinski definition) is 6. The number of esters is 1. The number of anilines is 1. The van der Waals surface area contributed by atoms with Crippen LogP contribution in [0.5, 0.6) is 0 Å². The van der Waals surface area contributed by atoms with E-state index < -0.39 is 5.97 Å². The highest BCUT2D eigenvalue weighted by molar-refractivity contribution is 7.13. The molecule has 0 saturated heterocycles. The first kappa shape index (κ1) is 19.4. The molecule has 27 heavy (non-hydrogen) atoms. The number of carbonyl (C=O) groups is 2. The van der Waals surface area contributed by atoms with Crippen LogP contribution in [0, 0.1) is 5.92 Å². The maximum absolute atomic E-state index is 12.1. The van der Waals surface area contributed by atoms with Crippen molar-refractivity contribution in [2.45, 2.75) is 45.2 Å². The Hall–Kier alpha value is -2.41. The molecule has 1 aliphatic carbocycles. The summed E-state index contributed by atoms with van der Waals surface area (Å²) in [5, 5.41) is 8.43. The number of carbonyl (C=O) groups excluding carboxylic acids is 2. The van der Waals surface area contributed by atoms with Crippen LogP contribution in [0.15, 0.2) is 35.7 Å². The van der Waals surface area contributed by atoms with Crippen LogP contribution in [0.3, 0.4) is 0 Å². The van der Waals surface area contributed by atoms with E-state index in [-0.39, 0.29) is 24.2 Å². The average Bonchev–Trinajstić information content (AvgIpc) is 3.16. The molecule has 1 fully saturated rings. The van der Waals surface area contributed by atoms with E-state index in [1.54, 1.807) is 5.38 Å². The summed E-state index contributed by atoms with van der Waals surface area (Å²) in [4.78, 5) is 28.4. The third-order valence-electron chi connectivity index (χ3n) is 4.79. The zero-order valence-electron chi connectivity index (χ0n) is 15.4. The maximum atomic E-state index is 12.1. The van der Waals surface area contributed by atoms with Gasteiger partial charge in [-0.1, -0.05) is 50.1 Å². The van der Waals surface area contributed by atoms with Crippen LogP contribution in [0.1, 0.15) is 48.7 Å². The second kappa shape index (κ2) is 9.50. The van der Waals surface area contributed by atoms with Crippen LogP contribution in [0.25, 0.3) is 0 Å². The molecule has 6 nitrogen and oxygen atoms in total. The molecule has 3 rings (SSSR count). The van der Waals surface area contributed by atoms with E-state index in [2.05, 4.69) is 22.5 Å². The number of aromatic nitrogens is 1. The largest absolute Gasteiger partial charge is 0.451 e. The van der Waals surface area contributed by atoms with Crippen LogP contribution < -0.4 is 10.6 Å². The van der Waals surface area contributed by atoms with Gasteiger partial charge >= 0.3 is 5.97 Å². The van der Waals surface area contributed by atoms with Crippen molar-refractivity contribution in [1.29, 1.82) is 0 Å². The quantitative estimate of drug-likeness (QED) is 0.710. The summed E-state index contributed by atoms with van der Waals surface area (Å²) < 4.78 is 5.11. The molecule has 1 saturated carbocycles. The smallest absolute Gasteiger partial charge is 0.358 e. The van der Waals surface area contributed by atoms with Gasteiger partial charge in [0, 0.05) is 18.0 Å². The Kier molecular flexibility index (Phi) is 6.81. The number of hydrogen-bond donors (Lipinski definition) is 2. The van der Waals surface area contributed by atoms with Gasteiger partial charge in [-0.15, -0.1) is 11.3 Å². The summed E-state index contributed by atoms with van der Waals surface area (Å²) in [5.74, 6) is -0.360. The summed E-state index contributed by atoms with van der Waals surface area (Å²) in [5.41, 5.74) is 1.35. The first-order valence-corrected chi connectivity index (χ1v) is 10.2. The molecule has 1 aromatic carbocycles. The summed E-state index contributed by atoms with van der Waals surface area (Å²) in [6, 6.07) is 10.1. The Morgan fingerprint density at radius 1 is 1.22 bits per heavy atom. The molecule has 0 aliphatic heterocycles. The summed E-state index contributed by atoms with van der Waals surface area (Å²) in [7, 11) is 0. The number of amides is 1. The number of rotatable bonds is 7. The first-order valence-electron chi connectivity index (χ1n) is 9.31. The Morgan fingerprint density at radius 2 is 2.00 bits per heavy atom. The Morgan fingerprint density at radius 3 is 2.78 bits per heavy atom. The molecule has 1 aromatic heterocycles. The van der Waals surface area contributed by atoms with E-state index in [1.807, 2.05) is 30.3 Å². The van der Waals surface area contributed by atoms with Crippen LogP contribution in [-0.2, 0) is 16.1 Å². The summed E-state index contributed by atoms with van der Waals surface area (Å²) >= 11 is 1.34.